The average Bonchev–Trinajstić information content (AvgIpc) is 3.55. The molecule has 0 aliphatic heterocycles. The Morgan fingerprint density at radius 3 is 1.74 bits per heavy atom. The molecule has 0 unspecified atom stereocenters. The van der Waals surface area contributed by atoms with Crippen molar-refractivity contribution < 1.29 is 4.42 Å². The molecule has 47 heavy (non-hydrogen) atoms. The van der Waals surface area contributed by atoms with Crippen LogP contribution in [0.15, 0.2) is 144 Å². The van der Waals surface area contributed by atoms with Crippen LogP contribution < -0.4 is 10.6 Å². The number of hydrogen-bond acceptors (Lipinski definition) is 4. The van der Waals surface area contributed by atoms with Gasteiger partial charge >= 0.3 is 0 Å². The van der Waals surface area contributed by atoms with E-state index >= 15 is 0 Å². The van der Waals surface area contributed by atoms with Crippen molar-refractivity contribution in [2.45, 2.75) is 12.8 Å². The zero-order valence-corrected chi connectivity index (χ0v) is 25.6. The molecule has 4 heteroatoms. The van der Waals surface area contributed by atoms with Crippen LogP contribution in [0.4, 0.5) is 0 Å². The molecule has 0 N–H and O–H groups in total. The Hall–Kier alpha value is -6.13. The fourth-order valence-corrected chi connectivity index (χ4v) is 6.57. The van der Waals surface area contributed by atoms with E-state index in [-0.39, 0.29) is 0 Å². The molecule has 0 saturated carbocycles. The minimum absolute atomic E-state index is 0.712. The summed E-state index contributed by atoms with van der Waals surface area (Å²) in [4.78, 5) is 15.1. The summed E-state index contributed by atoms with van der Waals surface area (Å²) in [5.74, 6) is 0.712. The maximum absolute atomic E-state index is 6.47. The minimum Gasteiger partial charge on any atom is -0.454 e. The Bertz CT molecular complexity index is 2480. The fraction of sp³-hybridized carbons (Fsp3) is 0.0465. The summed E-state index contributed by atoms with van der Waals surface area (Å²) < 4.78 is 6.47. The third-order valence-corrected chi connectivity index (χ3v) is 8.92. The average molecular weight is 604 g/mol. The normalized spacial score (nSPS) is 12.4. The first kappa shape index (κ1) is 27.2. The first-order valence-corrected chi connectivity index (χ1v) is 16.0. The summed E-state index contributed by atoms with van der Waals surface area (Å²) in [5.41, 5.74) is 11.8. The molecule has 0 fully saturated rings. The zero-order chi connectivity index (χ0) is 31.2. The van der Waals surface area contributed by atoms with Crippen LogP contribution in [-0.2, 0) is 0 Å². The number of aromatic nitrogens is 3. The van der Waals surface area contributed by atoms with E-state index in [1.165, 1.54) is 5.22 Å². The molecular weight excluding hydrogens is 574 g/mol. The lowest BCUT2D eigenvalue weighted by molar-refractivity contribution is 0.572. The zero-order valence-electron chi connectivity index (χ0n) is 25.6. The molecule has 0 atom stereocenters. The van der Waals surface area contributed by atoms with Crippen LogP contribution in [0, 0.1) is 0 Å². The van der Waals surface area contributed by atoms with Gasteiger partial charge in [0.2, 0.25) is 0 Å². The Morgan fingerprint density at radius 1 is 0.468 bits per heavy atom. The highest BCUT2D eigenvalue weighted by atomic mass is 16.3. The van der Waals surface area contributed by atoms with Gasteiger partial charge in [-0.15, -0.1) is 0 Å². The number of hydrogen-bond donors (Lipinski definition) is 0. The van der Waals surface area contributed by atoms with Crippen LogP contribution in [-0.4, -0.2) is 15.0 Å². The molecule has 5 aromatic carbocycles. The first-order chi connectivity index (χ1) is 23.3. The van der Waals surface area contributed by atoms with Gasteiger partial charge in [0.15, 0.2) is 11.4 Å². The van der Waals surface area contributed by atoms with Gasteiger partial charge in [-0.2, -0.15) is 0 Å². The molecule has 8 aromatic rings. The second-order valence-electron chi connectivity index (χ2n) is 11.9. The predicted octanol–water partition coefficient (Wildman–Crippen LogP) is 9.46. The lowest BCUT2D eigenvalue weighted by atomic mass is 9.98. The van der Waals surface area contributed by atoms with E-state index in [0.29, 0.717) is 5.82 Å². The topological polar surface area (TPSA) is 51.8 Å². The van der Waals surface area contributed by atoms with E-state index in [1.807, 2.05) is 42.5 Å². The number of fused-ring (bicyclic) bond motifs is 5. The highest BCUT2D eigenvalue weighted by molar-refractivity contribution is 6.10. The molecule has 1 aliphatic carbocycles. The molecule has 3 aromatic heterocycles. The quantitative estimate of drug-likeness (QED) is 0.197. The van der Waals surface area contributed by atoms with Crippen LogP contribution >= 0.6 is 0 Å². The van der Waals surface area contributed by atoms with Gasteiger partial charge in [0.25, 0.3) is 0 Å². The molecule has 0 saturated heterocycles. The van der Waals surface area contributed by atoms with Crippen molar-refractivity contribution in [2.24, 2.45) is 0 Å². The molecule has 0 amide bonds. The fourth-order valence-electron chi connectivity index (χ4n) is 6.57. The van der Waals surface area contributed by atoms with Crippen molar-refractivity contribution in [3.05, 3.63) is 150 Å². The van der Waals surface area contributed by atoms with Gasteiger partial charge in [0, 0.05) is 38.2 Å². The van der Waals surface area contributed by atoms with E-state index in [0.717, 1.165) is 90.6 Å². The lowest BCUT2D eigenvalue weighted by Gasteiger charge is -2.11. The molecule has 3 heterocycles. The third-order valence-electron chi connectivity index (χ3n) is 8.92. The monoisotopic (exact) mass is 603 g/mol. The summed E-state index contributed by atoms with van der Waals surface area (Å²) in [6.07, 6.45) is 6.52. The van der Waals surface area contributed by atoms with Gasteiger partial charge in [-0.1, -0.05) is 133 Å². The van der Waals surface area contributed by atoms with E-state index < -0.39 is 0 Å². The van der Waals surface area contributed by atoms with Gasteiger partial charge in [-0.3, -0.25) is 0 Å². The SMILES string of the molecule is C1=c2oc3c(-c4ccccc4)nc4cc(-c5ccc(-c6cc(-c7ccccc7)nc(-c7ccccc7)n6)cc5)ccc4c3c2=CCC1. The van der Waals surface area contributed by atoms with E-state index in [1.54, 1.807) is 0 Å². The largest absolute Gasteiger partial charge is 0.454 e. The Kier molecular flexibility index (Phi) is 6.57. The minimum atomic E-state index is 0.712. The lowest BCUT2D eigenvalue weighted by Crippen LogP contribution is -2.22. The van der Waals surface area contributed by atoms with Crippen LogP contribution in [0.5, 0.6) is 0 Å². The van der Waals surface area contributed by atoms with E-state index in [9.17, 15) is 0 Å². The second kappa shape index (κ2) is 11.3. The first-order valence-electron chi connectivity index (χ1n) is 16.0. The van der Waals surface area contributed by atoms with Gasteiger partial charge < -0.3 is 4.42 Å². The van der Waals surface area contributed by atoms with Crippen molar-refractivity contribution in [1.29, 1.82) is 0 Å². The standard InChI is InChI=1S/C43H29N3O/c1-4-12-29(13-5-1)36-27-37(46-43(45-36)32-16-8-3-9-17-32)30-22-20-28(21-23-30)33-24-25-34-38(26-33)44-41(31-14-6-2-7-15-31)42-40(34)35-18-10-11-19-39(35)47-42/h1-9,12-27H,10-11H2. The number of rotatable bonds is 5. The van der Waals surface area contributed by atoms with Crippen molar-refractivity contribution >= 4 is 34.0 Å². The number of benzene rings is 5. The number of nitrogens with zero attached hydrogens (tertiary/aromatic N) is 3. The van der Waals surface area contributed by atoms with Crippen LogP contribution in [0.25, 0.3) is 90.3 Å². The summed E-state index contributed by atoms with van der Waals surface area (Å²) in [7, 11) is 0. The second-order valence-corrected chi connectivity index (χ2v) is 11.9. The molecule has 0 radical (unpaired) electrons. The maximum atomic E-state index is 6.47. The van der Waals surface area contributed by atoms with Crippen molar-refractivity contribution in [3.63, 3.8) is 0 Å². The third kappa shape index (κ3) is 4.91. The van der Waals surface area contributed by atoms with Gasteiger partial charge in [0.1, 0.15) is 11.1 Å². The molecule has 1 aliphatic rings. The highest BCUT2D eigenvalue weighted by Gasteiger charge is 2.18. The van der Waals surface area contributed by atoms with Crippen molar-refractivity contribution in [2.75, 3.05) is 0 Å². The van der Waals surface area contributed by atoms with Gasteiger partial charge in [-0.25, -0.2) is 15.0 Å². The Balaban J connectivity index is 1.15. The van der Waals surface area contributed by atoms with E-state index in [2.05, 4.69) is 109 Å². The number of furan rings is 1. The highest BCUT2D eigenvalue weighted by Crippen LogP contribution is 2.34. The van der Waals surface area contributed by atoms with Crippen LogP contribution in [0.3, 0.4) is 0 Å². The maximum Gasteiger partial charge on any atom is 0.162 e. The molecule has 0 bridgehead atoms. The van der Waals surface area contributed by atoms with E-state index in [4.69, 9.17) is 19.4 Å². The molecule has 222 valence electrons. The summed E-state index contributed by atoms with van der Waals surface area (Å²) in [6.45, 7) is 0. The Labute approximate surface area is 272 Å². The predicted molar refractivity (Wildman–Crippen MR) is 192 cm³/mol. The summed E-state index contributed by atoms with van der Waals surface area (Å²) in [6, 6.07) is 48.1. The van der Waals surface area contributed by atoms with Gasteiger partial charge in [0.05, 0.1) is 16.9 Å². The summed E-state index contributed by atoms with van der Waals surface area (Å²) in [5, 5.41) is 3.44. The summed E-state index contributed by atoms with van der Waals surface area (Å²) >= 11 is 0. The van der Waals surface area contributed by atoms with Crippen molar-refractivity contribution in [3.8, 4) is 56.3 Å². The molecule has 4 nitrogen and oxygen atoms in total. The molecule has 9 rings (SSSR count). The Morgan fingerprint density at radius 2 is 1.04 bits per heavy atom. The molecule has 0 spiro atoms. The van der Waals surface area contributed by atoms with Crippen molar-refractivity contribution in [1.82, 2.24) is 15.0 Å². The smallest absolute Gasteiger partial charge is 0.162 e. The van der Waals surface area contributed by atoms with Crippen LogP contribution in [0.1, 0.15) is 12.8 Å². The molecular formula is C43H29N3O. The number of pyridine rings is 1. The van der Waals surface area contributed by atoms with Crippen LogP contribution in [0.2, 0.25) is 0 Å². The van der Waals surface area contributed by atoms with Gasteiger partial charge in [-0.05, 0) is 42.2 Å².